The van der Waals surface area contributed by atoms with E-state index < -0.39 is 0 Å². The van der Waals surface area contributed by atoms with E-state index in [0.29, 0.717) is 0 Å². The van der Waals surface area contributed by atoms with Crippen LogP contribution in [0.4, 0.5) is 0 Å². The first-order chi connectivity index (χ1) is 4.85. The van der Waals surface area contributed by atoms with Gasteiger partial charge in [-0.1, -0.05) is 33.6 Å². The van der Waals surface area contributed by atoms with Gasteiger partial charge in [0.25, 0.3) is 0 Å². The van der Waals surface area contributed by atoms with Gasteiger partial charge in [-0.25, -0.2) is 5.32 Å². The van der Waals surface area contributed by atoms with E-state index in [0.717, 1.165) is 19.0 Å². The Balaban J connectivity index is 3.09. The molecule has 0 unspecified atom stereocenters. The molecular formula is C9H20N. The molecule has 0 aromatic rings. The zero-order valence-corrected chi connectivity index (χ0v) is 7.56. The van der Waals surface area contributed by atoms with Gasteiger partial charge >= 0.3 is 0 Å². The van der Waals surface area contributed by atoms with Crippen molar-refractivity contribution in [1.82, 2.24) is 5.32 Å². The van der Waals surface area contributed by atoms with Crippen molar-refractivity contribution in [1.29, 1.82) is 0 Å². The summed E-state index contributed by atoms with van der Waals surface area (Å²) in [5.41, 5.74) is 0. The Morgan fingerprint density at radius 3 is 2.10 bits per heavy atom. The Morgan fingerprint density at radius 2 is 1.70 bits per heavy atom. The van der Waals surface area contributed by atoms with Crippen molar-refractivity contribution in [3.8, 4) is 0 Å². The zero-order chi connectivity index (χ0) is 7.82. The van der Waals surface area contributed by atoms with Crippen molar-refractivity contribution in [3.05, 3.63) is 0 Å². The second-order valence-electron chi connectivity index (χ2n) is 2.73. The molecule has 0 N–H and O–H groups in total. The maximum atomic E-state index is 4.31. The minimum atomic E-state index is 0.912. The molecule has 0 amide bonds. The van der Waals surface area contributed by atoms with Gasteiger partial charge in [0, 0.05) is 13.1 Å². The van der Waals surface area contributed by atoms with Crippen molar-refractivity contribution < 1.29 is 0 Å². The van der Waals surface area contributed by atoms with E-state index in [4.69, 9.17) is 0 Å². The maximum Gasteiger partial charge on any atom is 0.0135 e. The minimum absolute atomic E-state index is 0.912. The largest absolute Gasteiger partial charge is 0.242 e. The van der Waals surface area contributed by atoms with E-state index in [2.05, 4.69) is 26.1 Å². The van der Waals surface area contributed by atoms with Crippen molar-refractivity contribution in [2.75, 3.05) is 13.1 Å². The van der Waals surface area contributed by atoms with Gasteiger partial charge in [-0.3, -0.25) is 0 Å². The van der Waals surface area contributed by atoms with E-state index in [1.54, 1.807) is 0 Å². The summed E-state index contributed by atoms with van der Waals surface area (Å²) in [7, 11) is 0. The van der Waals surface area contributed by atoms with Gasteiger partial charge in [0.15, 0.2) is 0 Å². The molecule has 0 fully saturated rings. The smallest absolute Gasteiger partial charge is 0.0135 e. The average molecular weight is 142 g/mol. The minimum Gasteiger partial charge on any atom is -0.242 e. The topological polar surface area (TPSA) is 14.1 Å². The Morgan fingerprint density at radius 1 is 1.10 bits per heavy atom. The summed E-state index contributed by atoms with van der Waals surface area (Å²) >= 11 is 0. The first-order valence-corrected chi connectivity index (χ1v) is 4.48. The van der Waals surface area contributed by atoms with Gasteiger partial charge in [0.1, 0.15) is 0 Å². The Labute approximate surface area is 65.2 Å². The van der Waals surface area contributed by atoms with E-state index in [-0.39, 0.29) is 0 Å². The van der Waals surface area contributed by atoms with E-state index in [9.17, 15) is 0 Å². The van der Waals surface area contributed by atoms with Crippen LogP contribution in [0.5, 0.6) is 0 Å². The molecule has 1 heteroatoms. The van der Waals surface area contributed by atoms with Crippen LogP contribution in [0.1, 0.15) is 40.0 Å². The lowest BCUT2D eigenvalue weighted by atomic mass is 10.00. The van der Waals surface area contributed by atoms with Crippen LogP contribution in [-0.4, -0.2) is 13.1 Å². The van der Waals surface area contributed by atoms with Crippen molar-refractivity contribution >= 4 is 0 Å². The highest BCUT2D eigenvalue weighted by molar-refractivity contribution is 4.55. The number of hydrogen-bond donors (Lipinski definition) is 0. The fourth-order valence-electron chi connectivity index (χ4n) is 1.13. The van der Waals surface area contributed by atoms with Gasteiger partial charge in [-0.2, -0.15) is 0 Å². The highest BCUT2D eigenvalue weighted by Gasteiger charge is 2.01. The summed E-state index contributed by atoms with van der Waals surface area (Å²) in [4.78, 5) is 0. The van der Waals surface area contributed by atoms with Crippen molar-refractivity contribution in [3.63, 3.8) is 0 Å². The van der Waals surface area contributed by atoms with Crippen LogP contribution in [0.2, 0.25) is 0 Å². The summed E-state index contributed by atoms with van der Waals surface area (Å²) < 4.78 is 0. The predicted octanol–water partition coefficient (Wildman–Crippen LogP) is 2.44. The monoisotopic (exact) mass is 142 g/mol. The lowest BCUT2D eigenvalue weighted by Gasteiger charge is -2.10. The van der Waals surface area contributed by atoms with Crippen LogP contribution in [0.25, 0.3) is 0 Å². The van der Waals surface area contributed by atoms with Crippen LogP contribution in [0, 0.1) is 5.92 Å². The van der Waals surface area contributed by atoms with E-state index in [1.165, 1.54) is 19.3 Å². The third-order valence-corrected chi connectivity index (χ3v) is 2.07. The predicted molar refractivity (Wildman–Crippen MR) is 46.2 cm³/mol. The van der Waals surface area contributed by atoms with Crippen LogP contribution in [-0.2, 0) is 0 Å². The molecule has 0 atom stereocenters. The molecule has 0 heterocycles. The van der Waals surface area contributed by atoms with Crippen LogP contribution in [0.15, 0.2) is 0 Å². The molecule has 0 aromatic carbocycles. The van der Waals surface area contributed by atoms with E-state index >= 15 is 0 Å². The van der Waals surface area contributed by atoms with Gasteiger partial charge in [0.2, 0.25) is 0 Å². The quantitative estimate of drug-likeness (QED) is 0.506. The van der Waals surface area contributed by atoms with E-state index in [1.807, 2.05) is 0 Å². The van der Waals surface area contributed by atoms with Gasteiger partial charge in [0.05, 0.1) is 0 Å². The van der Waals surface area contributed by atoms with Crippen LogP contribution in [0.3, 0.4) is 0 Å². The highest BCUT2D eigenvalue weighted by Crippen LogP contribution is 2.10. The third kappa shape index (κ3) is 4.80. The maximum absolute atomic E-state index is 4.31. The number of hydrogen-bond acceptors (Lipinski definition) is 0. The molecule has 0 bridgehead atoms. The molecule has 61 valence electrons. The summed E-state index contributed by atoms with van der Waals surface area (Å²) in [6, 6.07) is 0. The molecule has 0 saturated carbocycles. The number of rotatable bonds is 6. The third-order valence-electron chi connectivity index (χ3n) is 2.07. The molecule has 0 spiro atoms. The first-order valence-electron chi connectivity index (χ1n) is 4.48. The van der Waals surface area contributed by atoms with Gasteiger partial charge < -0.3 is 0 Å². The second kappa shape index (κ2) is 7.07. The summed E-state index contributed by atoms with van der Waals surface area (Å²) in [6.45, 7) is 8.69. The zero-order valence-electron chi connectivity index (χ0n) is 7.56. The van der Waals surface area contributed by atoms with Crippen molar-refractivity contribution in [2.24, 2.45) is 5.92 Å². The summed E-state index contributed by atoms with van der Waals surface area (Å²) in [6.07, 6.45) is 3.92. The Hall–Kier alpha value is -0.0400. The van der Waals surface area contributed by atoms with Gasteiger partial charge in [-0.15, -0.1) is 0 Å². The summed E-state index contributed by atoms with van der Waals surface area (Å²) in [5.74, 6) is 0.912. The number of nitrogens with zero attached hydrogens (tertiary/aromatic N) is 1. The standard InChI is InChI=1S/C9H20N/c1-4-9(5-2)7-8-10-6-3/h9H,4-8H2,1-3H3. The molecule has 0 aliphatic heterocycles. The lowest BCUT2D eigenvalue weighted by Crippen LogP contribution is -2.10. The van der Waals surface area contributed by atoms with Gasteiger partial charge in [-0.05, 0) is 12.3 Å². The Kier molecular flexibility index (Phi) is 7.04. The molecular weight excluding hydrogens is 122 g/mol. The molecule has 1 radical (unpaired) electrons. The van der Waals surface area contributed by atoms with Crippen LogP contribution < -0.4 is 5.32 Å². The fourth-order valence-corrected chi connectivity index (χ4v) is 1.13. The summed E-state index contributed by atoms with van der Waals surface area (Å²) in [5, 5.41) is 4.31. The normalized spacial score (nSPS) is 10.8. The molecule has 0 aromatic heterocycles. The SMILES string of the molecule is CC[N]CCC(CC)CC. The Bertz CT molecular complexity index is 57.7. The molecule has 0 saturated heterocycles. The molecule has 0 aliphatic rings. The first kappa shape index (κ1) is 9.96. The second-order valence-corrected chi connectivity index (χ2v) is 2.73. The average Bonchev–Trinajstić information content (AvgIpc) is 1.99. The molecule has 10 heavy (non-hydrogen) atoms. The molecule has 0 aliphatic carbocycles. The fraction of sp³-hybridized carbons (Fsp3) is 1.00. The molecule has 1 nitrogen and oxygen atoms in total. The lowest BCUT2D eigenvalue weighted by molar-refractivity contribution is 0.440. The highest BCUT2D eigenvalue weighted by atomic mass is 14.8. The molecule has 0 rings (SSSR count). The van der Waals surface area contributed by atoms with Crippen LogP contribution >= 0.6 is 0 Å². The van der Waals surface area contributed by atoms with Crippen molar-refractivity contribution in [2.45, 2.75) is 40.0 Å².